The van der Waals surface area contributed by atoms with E-state index in [0.717, 1.165) is 19.4 Å². The molecule has 7 heteroatoms. The van der Waals surface area contributed by atoms with Crippen LogP contribution in [0.4, 0.5) is 8.78 Å². The van der Waals surface area contributed by atoms with Gasteiger partial charge >= 0.3 is 0 Å². The number of alkyl halides is 2. The lowest BCUT2D eigenvalue weighted by Crippen LogP contribution is -2.21. The van der Waals surface area contributed by atoms with Crippen molar-refractivity contribution in [2.24, 2.45) is 0 Å². The van der Waals surface area contributed by atoms with E-state index in [9.17, 15) is 8.78 Å². The normalized spacial score (nSPS) is 20.7. The number of rotatable bonds is 6. The molecule has 0 saturated carbocycles. The van der Waals surface area contributed by atoms with Crippen LogP contribution in [0.2, 0.25) is 0 Å². The summed E-state index contributed by atoms with van der Waals surface area (Å²) < 4.78 is 33.6. The van der Waals surface area contributed by atoms with Crippen molar-refractivity contribution in [3.05, 3.63) is 11.7 Å². The average molecular weight is 275 g/mol. The Hall–Kier alpha value is -1.08. The summed E-state index contributed by atoms with van der Waals surface area (Å²) in [7, 11) is 0. The van der Waals surface area contributed by atoms with Crippen LogP contribution < -0.4 is 5.32 Å². The molecular formula is C12H19F2N3O2. The maximum absolute atomic E-state index is 11.9. The molecule has 0 aliphatic carbocycles. The number of nitrogens with zero attached hydrogens (tertiary/aromatic N) is 2. The van der Waals surface area contributed by atoms with Crippen LogP contribution >= 0.6 is 0 Å². The first-order valence-electron chi connectivity index (χ1n) is 6.67. The molecule has 1 aliphatic heterocycles. The zero-order chi connectivity index (χ0) is 13.5. The molecule has 1 aromatic rings. The minimum absolute atomic E-state index is 0.141. The van der Waals surface area contributed by atoms with Crippen LogP contribution in [-0.4, -0.2) is 36.3 Å². The van der Waals surface area contributed by atoms with E-state index in [2.05, 4.69) is 15.5 Å². The van der Waals surface area contributed by atoms with Crippen molar-refractivity contribution in [3.8, 4) is 0 Å². The average Bonchev–Trinajstić information content (AvgIpc) is 2.68. The zero-order valence-corrected chi connectivity index (χ0v) is 10.8. The Morgan fingerprint density at radius 3 is 3.11 bits per heavy atom. The standard InChI is InChI=1S/C12H19F2N3O2/c13-10(14)8-18-7-5-11-16-12(17-19-11)9-4-2-1-3-6-15-9/h9-10,15H,1-8H2. The van der Waals surface area contributed by atoms with E-state index in [1.165, 1.54) is 12.8 Å². The number of nitrogens with one attached hydrogen (secondary N) is 1. The van der Waals surface area contributed by atoms with E-state index >= 15 is 0 Å². The quantitative estimate of drug-likeness (QED) is 0.806. The molecule has 0 aromatic carbocycles. The van der Waals surface area contributed by atoms with Crippen molar-refractivity contribution in [2.45, 2.75) is 44.6 Å². The molecule has 0 amide bonds. The molecule has 2 heterocycles. The Morgan fingerprint density at radius 1 is 1.37 bits per heavy atom. The summed E-state index contributed by atoms with van der Waals surface area (Å²) in [5.74, 6) is 1.10. The topological polar surface area (TPSA) is 60.2 Å². The van der Waals surface area contributed by atoms with Gasteiger partial charge in [0.25, 0.3) is 6.43 Å². The lowest BCUT2D eigenvalue weighted by molar-refractivity contribution is 0.0171. The van der Waals surface area contributed by atoms with Crippen LogP contribution in [-0.2, 0) is 11.2 Å². The number of aromatic nitrogens is 2. The van der Waals surface area contributed by atoms with Gasteiger partial charge in [-0.1, -0.05) is 18.0 Å². The summed E-state index contributed by atoms with van der Waals surface area (Å²) >= 11 is 0. The fourth-order valence-electron chi connectivity index (χ4n) is 2.09. The van der Waals surface area contributed by atoms with Crippen molar-refractivity contribution in [1.29, 1.82) is 0 Å². The second-order valence-corrected chi connectivity index (χ2v) is 4.62. The summed E-state index contributed by atoms with van der Waals surface area (Å²) in [6.45, 7) is 0.585. The third-order valence-corrected chi connectivity index (χ3v) is 3.06. The highest BCUT2D eigenvalue weighted by Crippen LogP contribution is 2.20. The predicted octanol–water partition coefficient (Wildman–Crippen LogP) is 2.10. The molecule has 108 valence electrons. The van der Waals surface area contributed by atoms with E-state index < -0.39 is 13.0 Å². The molecule has 1 fully saturated rings. The number of hydrogen-bond donors (Lipinski definition) is 1. The van der Waals surface area contributed by atoms with Crippen LogP contribution in [0.1, 0.15) is 43.4 Å². The molecular weight excluding hydrogens is 256 g/mol. The van der Waals surface area contributed by atoms with Crippen LogP contribution in [0.25, 0.3) is 0 Å². The minimum atomic E-state index is -2.44. The zero-order valence-electron chi connectivity index (χ0n) is 10.8. The molecule has 5 nitrogen and oxygen atoms in total. The van der Waals surface area contributed by atoms with Gasteiger partial charge in [0.05, 0.1) is 19.1 Å². The Labute approximate surface area is 110 Å². The first-order valence-corrected chi connectivity index (χ1v) is 6.67. The summed E-state index contributed by atoms with van der Waals surface area (Å²) in [6.07, 6.45) is 2.47. The third kappa shape index (κ3) is 4.83. The van der Waals surface area contributed by atoms with Crippen LogP contribution in [0.3, 0.4) is 0 Å². The van der Waals surface area contributed by atoms with Gasteiger partial charge in [-0.2, -0.15) is 4.98 Å². The number of ether oxygens (including phenoxy) is 1. The minimum Gasteiger partial charge on any atom is -0.375 e. The molecule has 1 aromatic heterocycles. The summed E-state index contributed by atoms with van der Waals surface area (Å²) in [4.78, 5) is 4.28. The summed E-state index contributed by atoms with van der Waals surface area (Å²) in [5, 5.41) is 7.32. The van der Waals surface area contributed by atoms with Crippen molar-refractivity contribution in [2.75, 3.05) is 19.8 Å². The van der Waals surface area contributed by atoms with Crippen molar-refractivity contribution in [1.82, 2.24) is 15.5 Å². The van der Waals surface area contributed by atoms with E-state index in [-0.39, 0.29) is 12.6 Å². The lowest BCUT2D eigenvalue weighted by Gasteiger charge is -2.09. The Kier molecular flexibility index (Phi) is 5.65. The van der Waals surface area contributed by atoms with Gasteiger partial charge < -0.3 is 14.6 Å². The smallest absolute Gasteiger partial charge is 0.261 e. The van der Waals surface area contributed by atoms with E-state index in [0.29, 0.717) is 18.1 Å². The molecule has 0 spiro atoms. The number of hydrogen-bond acceptors (Lipinski definition) is 5. The summed E-state index contributed by atoms with van der Waals surface area (Å²) in [5.41, 5.74) is 0. The Bertz CT molecular complexity index is 366. The van der Waals surface area contributed by atoms with Gasteiger partial charge in [-0.3, -0.25) is 0 Å². The first kappa shape index (κ1) is 14.3. The van der Waals surface area contributed by atoms with Crippen LogP contribution in [0.15, 0.2) is 4.52 Å². The number of halogens is 2. The SMILES string of the molecule is FC(F)COCCc1nc(C2CCCCCN2)no1. The maximum atomic E-state index is 11.9. The molecule has 1 aliphatic rings. The highest BCUT2D eigenvalue weighted by molar-refractivity contribution is 4.95. The van der Waals surface area contributed by atoms with E-state index in [1.54, 1.807) is 0 Å². The van der Waals surface area contributed by atoms with Crippen molar-refractivity contribution in [3.63, 3.8) is 0 Å². The monoisotopic (exact) mass is 275 g/mol. The van der Waals surface area contributed by atoms with Gasteiger partial charge in [0.2, 0.25) is 5.89 Å². The second-order valence-electron chi connectivity index (χ2n) is 4.62. The molecule has 19 heavy (non-hydrogen) atoms. The van der Waals surface area contributed by atoms with Gasteiger partial charge in [0.1, 0.15) is 6.61 Å². The highest BCUT2D eigenvalue weighted by atomic mass is 19.3. The molecule has 1 unspecified atom stereocenters. The van der Waals surface area contributed by atoms with Crippen LogP contribution in [0.5, 0.6) is 0 Å². The largest absolute Gasteiger partial charge is 0.375 e. The van der Waals surface area contributed by atoms with Gasteiger partial charge in [0, 0.05) is 0 Å². The maximum Gasteiger partial charge on any atom is 0.261 e. The molecule has 0 bridgehead atoms. The highest BCUT2D eigenvalue weighted by Gasteiger charge is 2.19. The molecule has 2 rings (SSSR count). The third-order valence-electron chi connectivity index (χ3n) is 3.06. The molecule has 0 radical (unpaired) electrons. The van der Waals surface area contributed by atoms with Gasteiger partial charge in [-0.25, -0.2) is 8.78 Å². The van der Waals surface area contributed by atoms with Gasteiger partial charge in [-0.05, 0) is 19.4 Å². The Balaban J connectivity index is 1.77. The molecule has 1 saturated heterocycles. The lowest BCUT2D eigenvalue weighted by atomic mass is 10.1. The first-order chi connectivity index (χ1) is 9.25. The van der Waals surface area contributed by atoms with E-state index in [1.807, 2.05) is 0 Å². The predicted molar refractivity (Wildman–Crippen MR) is 64.0 cm³/mol. The van der Waals surface area contributed by atoms with Gasteiger partial charge in [-0.15, -0.1) is 0 Å². The molecule has 1 N–H and O–H groups in total. The summed E-state index contributed by atoms with van der Waals surface area (Å²) in [6, 6.07) is 0.141. The van der Waals surface area contributed by atoms with Crippen LogP contribution in [0, 0.1) is 0 Å². The molecule has 1 atom stereocenters. The fourth-order valence-corrected chi connectivity index (χ4v) is 2.09. The van der Waals surface area contributed by atoms with Crippen molar-refractivity contribution >= 4 is 0 Å². The van der Waals surface area contributed by atoms with Crippen molar-refractivity contribution < 1.29 is 18.0 Å². The van der Waals surface area contributed by atoms with Gasteiger partial charge in [0.15, 0.2) is 5.82 Å². The Morgan fingerprint density at radius 2 is 2.26 bits per heavy atom. The second kappa shape index (κ2) is 7.49. The van der Waals surface area contributed by atoms with E-state index in [4.69, 9.17) is 9.26 Å². The fraction of sp³-hybridized carbons (Fsp3) is 0.833.